The fourth-order valence-electron chi connectivity index (χ4n) is 2.04. The number of carbonyl (C=O) groups is 1. The second kappa shape index (κ2) is 18.4. The third kappa shape index (κ3) is 15.7. The van der Waals surface area contributed by atoms with Gasteiger partial charge < -0.3 is 5.32 Å². The normalized spacial score (nSPS) is 8.85. The molecule has 1 aromatic carbocycles. The van der Waals surface area contributed by atoms with Crippen LogP contribution in [-0.4, -0.2) is 21.7 Å². The first kappa shape index (κ1) is 33.6. The van der Waals surface area contributed by atoms with Gasteiger partial charge in [0.1, 0.15) is 0 Å². The van der Waals surface area contributed by atoms with Gasteiger partial charge in [0.05, 0.1) is 5.69 Å². The van der Waals surface area contributed by atoms with Crippen molar-refractivity contribution in [3.8, 4) is 0 Å². The van der Waals surface area contributed by atoms with Crippen molar-refractivity contribution in [1.29, 1.82) is 0 Å². The van der Waals surface area contributed by atoms with E-state index in [1.54, 1.807) is 4.68 Å². The molecular formula is C22H41N3OY. The molecule has 0 bridgehead atoms. The summed E-state index contributed by atoms with van der Waals surface area (Å²) in [7, 11) is 0. The molecule has 0 atom stereocenters. The standard InChI is InChI=1S/C10H17N3O.C9H12.3CH4.Y/c1-8(2)11-10(14)5-7-13-6-4-9(3)12-13;1-8(2)9-6-4-3-5-7-9;;;;/h4,6,8H,5,7H2,1-3H3,(H,11,14);3-8H,1-2H3;3*1H4;. The number of hydrogen-bond donors (Lipinski definition) is 1. The molecule has 0 fully saturated rings. The van der Waals surface area contributed by atoms with Gasteiger partial charge in [-0.3, -0.25) is 9.48 Å². The molecule has 0 aliphatic heterocycles. The molecule has 0 aliphatic rings. The van der Waals surface area contributed by atoms with Crippen LogP contribution in [0.1, 0.15) is 73.6 Å². The maximum Gasteiger partial charge on any atom is 0.222 e. The zero-order chi connectivity index (χ0) is 17.2. The van der Waals surface area contributed by atoms with Gasteiger partial charge in [0.15, 0.2) is 0 Å². The van der Waals surface area contributed by atoms with Gasteiger partial charge in [-0.25, -0.2) is 0 Å². The molecule has 0 unspecified atom stereocenters. The van der Waals surface area contributed by atoms with Crippen molar-refractivity contribution in [3.63, 3.8) is 0 Å². The predicted molar refractivity (Wildman–Crippen MR) is 116 cm³/mol. The van der Waals surface area contributed by atoms with E-state index >= 15 is 0 Å². The average Bonchev–Trinajstić information content (AvgIpc) is 2.92. The average molecular weight is 452 g/mol. The van der Waals surface area contributed by atoms with Crippen LogP contribution in [0.2, 0.25) is 0 Å². The largest absolute Gasteiger partial charge is 0.354 e. The van der Waals surface area contributed by atoms with Crippen molar-refractivity contribution in [3.05, 3.63) is 53.9 Å². The van der Waals surface area contributed by atoms with Gasteiger partial charge in [-0.1, -0.05) is 66.5 Å². The zero-order valence-corrected chi connectivity index (χ0v) is 18.3. The van der Waals surface area contributed by atoms with Gasteiger partial charge in [-0.2, -0.15) is 5.10 Å². The molecule has 1 radical (unpaired) electrons. The van der Waals surface area contributed by atoms with Crippen LogP contribution in [0.5, 0.6) is 0 Å². The summed E-state index contributed by atoms with van der Waals surface area (Å²) >= 11 is 0. The summed E-state index contributed by atoms with van der Waals surface area (Å²) in [6.07, 6.45) is 2.37. The number of nitrogens with zero attached hydrogens (tertiary/aromatic N) is 2. The van der Waals surface area contributed by atoms with Gasteiger partial charge in [-0.05, 0) is 38.3 Å². The van der Waals surface area contributed by atoms with E-state index in [9.17, 15) is 4.79 Å². The minimum atomic E-state index is 0. The van der Waals surface area contributed by atoms with E-state index in [4.69, 9.17) is 0 Å². The van der Waals surface area contributed by atoms with Gasteiger partial charge in [0, 0.05) is 57.9 Å². The van der Waals surface area contributed by atoms with Crippen LogP contribution in [0.4, 0.5) is 0 Å². The van der Waals surface area contributed by atoms with Crippen LogP contribution in [0.3, 0.4) is 0 Å². The van der Waals surface area contributed by atoms with E-state index in [1.807, 2.05) is 39.1 Å². The minimum Gasteiger partial charge on any atom is -0.354 e. The van der Waals surface area contributed by atoms with E-state index in [0.29, 0.717) is 18.9 Å². The van der Waals surface area contributed by atoms with E-state index < -0.39 is 0 Å². The summed E-state index contributed by atoms with van der Waals surface area (Å²) in [6.45, 7) is 10.9. The molecule has 1 heterocycles. The van der Waals surface area contributed by atoms with Crippen LogP contribution in [0.15, 0.2) is 42.6 Å². The Morgan fingerprint density at radius 1 is 1.04 bits per heavy atom. The van der Waals surface area contributed by atoms with Crippen molar-refractivity contribution in [2.45, 2.75) is 81.8 Å². The molecule has 0 saturated heterocycles. The SMILES string of the molecule is C.C.C.CC(C)c1ccccc1.Cc1ccn(CCC(=O)NC(C)C)n1.[Y]. The van der Waals surface area contributed by atoms with Crippen molar-refractivity contribution < 1.29 is 37.5 Å². The Morgan fingerprint density at radius 3 is 1.96 bits per heavy atom. The number of hydrogen-bond acceptors (Lipinski definition) is 2. The third-order valence-electron chi connectivity index (χ3n) is 3.26. The van der Waals surface area contributed by atoms with E-state index in [-0.39, 0.29) is 66.9 Å². The van der Waals surface area contributed by atoms with Crippen LogP contribution in [0, 0.1) is 6.92 Å². The van der Waals surface area contributed by atoms with Crippen LogP contribution < -0.4 is 5.32 Å². The maximum absolute atomic E-state index is 11.3. The number of amides is 1. The number of rotatable bonds is 5. The minimum absolute atomic E-state index is 0. The maximum atomic E-state index is 11.3. The molecule has 2 aromatic rings. The Balaban J connectivity index is -0.000000181. The number of benzene rings is 1. The van der Waals surface area contributed by atoms with Gasteiger partial charge >= 0.3 is 0 Å². The van der Waals surface area contributed by atoms with Crippen molar-refractivity contribution in [1.82, 2.24) is 15.1 Å². The molecular weight excluding hydrogens is 411 g/mol. The fraction of sp³-hybridized carbons (Fsp3) is 0.545. The molecule has 0 spiro atoms. The zero-order valence-electron chi connectivity index (χ0n) is 15.5. The molecule has 0 aliphatic carbocycles. The Morgan fingerprint density at radius 2 is 1.59 bits per heavy atom. The molecule has 1 amide bonds. The van der Waals surface area contributed by atoms with Crippen molar-refractivity contribution in [2.24, 2.45) is 0 Å². The summed E-state index contributed by atoms with van der Waals surface area (Å²) < 4.78 is 1.79. The third-order valence-corrected chi connectivity index (χ3v) is 3.26. The second-order valence-electron chi connectivity index (χ2n) is 6.26. The number of aryl methyl sites for hydroxylation is 2. The van der Waals surface area contributed by atoms with E-state index in [0.717, 1.165) is 5.69 Å². The Bertz CT molecular complexity index is 580. The molecule has 153 valence electrons. The monoisotopic (exact) mass is 452 g/mol. The summed E-state index contributed by atoms with van der Waals surface area (Å²) in [5, 5.41) is 7.04. The van der Waals surface area contributed by atoms with Crippen LogP contribution in [-0.2, 0) is 44.0 Å². The number of aromatic nitrogens is 2. The molecule has 1 N–H and O–H groups in total. The van der Waals surface area contributed by atoms with Crippen molar-refractivity contribution in [2.75, 3.05) is 0 Å². The summed E-state index contributed by atoms with van der Waals surface area (Å²) in [5.41, 5.74) is 2.40. The second-order valence-corrected chi connectivity index (χ2v) is 6.26. The Labute approximate surface area is 193 Å². The van der Waals surface area contributed by atoms with Gasteiger partial charge in [0.2, 0.25) is 5.91 Å². The first-order valence-electron chi connectivity index (χ1n) is 8.23. The summed E-state index contributed by atoms with van der Waals surface area (Å²) in [5.74, 6) is 0.736. The number of nitrogens with one attached hydrogen (secondary N) is 1. The predicted octanol–water partition coefficient (Wildman–Crippen LogP) is 5.82. The fourth-order valence-corrected chi connectivity index (χ4v) is 2.04. The molecule has 2 rings (SSSR count). The molecule has 4 nitrogen and oxygen atoms in total. The Hall–Kier alpha value is -0.996. The quantitative estimate of drug-likeness (QED) is 0.621. The first-order chi connectivity index (χ1) is 10.9. The molecule has 0 saturated carbocycles. The smallest absolute Gasteiger partial charge is 0.222 e. The van der Waals surface area contributed by atoms with Crippen LogP contribution >= 0.6 is 0 Å². The summed E-state index contributed by atoms with van der Waals surface area (Å²) in [4.78, 5) is 11.3. The van der Waals surface area contributed by atoms with Gasteiger partial charge in [0.25, 0.3) is 0 Å². The van der Waals surface area contributed by atoms with E-state index in [2.05, 4.69) is 48.5 Å². The van der Waals surface area contributed by atoms with Crippen LogP contribution in [0.25, 0.3) is 0 Å². The molecule has 27 heavy (non-hydrogen) atoms. The topological polar surface area (TPSA) is 46.9 Å². The number of carbonyl (C=O) groups excluding carboxylic acids is 1. The summed E-state index contributed by atoms with van der Waals surface area (Å²) in [6, 6.07) is 12.7. The Kier molecular flexibility index (Phi) is 22.8. The van der Waals surface area contributed by atoms with Crippen molar-refractivity contribution >= 4 is 5.91 Å². The van der Waals surface area contributed by atoms with Gasteiger partial charge in [-0.15, -0.1) is 0 Å². The molecule has 1 aromatic heterocycles. The van der Waals surface area contributed by atoms with E-state index in [1.165, 1.54) is 5.56 Å². The first-order valence-corrected chi connectivity index (χ1v) is 8.23. The molecule has 5 heteroatoms.